The van der Waals surface area contributed by atoms with Gasteiger partial charge in [-0.05, 0) is 6.92 Å². The molecule has 2 aliphatic rings. The molecule has 0 radical (unpaired) electrons. The molecular weight excluding hydrogens is 495 g/mol. The van der Waals surface area contributed by atoms with Gasteiger partial charge in [0.2, 0.25) is 5.91 Å². The molecule has 2 atom stereocenters. The van der Waals surface area contributed by atoms with Crippen molar-refractivity contribution in [1.82, 2.24) is 24.6 Å². The Morgan fingerprint density at radius 3 is 2.59 bits per heavy atom. The second-order valence-corrected chi connectivity index (χ2v) is 8.97. The molecule has 4 heterocycles. The van der Waals surface area contributed by atoms with Crippen LogP contribution in [0, 0.1) is 17.5 Å². The van der Waals surface area contributed by atoms with Crippen molar-refractivity contribution in [3.63, 3.8) is 0 Å². The van der Waals surface area contributed by atoms with Gasteiger partial charge in [-0.25, -0.2) is 22.9 Å². The number of anilines is 2. The van der Waals surface area contributed by atoms with Gasteiger partial charge in [0.15, 0.2) is 29.5 Å². The highest BCUT2D eigenvalue weighted by Crippen LogP contribution is 2.31. The third-order valence-corrected chi connectivity index (χ3v) is 6.63. The molecule has 1 fully saturated rings. The van der Waals surface area contributed by atoms with Crippen molar-refractivity contribution >= 4 is 29.2 Å². The van der Waals surface area contributed by atoms with Crippen LogP contribution in [0.5, 0.6) is 0 Å². The Hall–Kier alpha value is -4.36. The number of hydrogen-bond donors (Lipinski definition) is 1. The first kappa shape index (κ1) is 24.3. The Balaban J connectivity index is 1.32. The number of nitrogens with one attached hydrogen (secondary N) is 1. The predicted molar refractivity (Wildman–Crippen MR) is 122 cm³/mol. The molecule has 14 heteroatoms. The fraction of sp³-hybridized carbons (Fsp3) is 0.348. The van der Waals surface area contributed by atoms with E-state index in [9.17, 15) is 27.6 Å². The number of benzene rings is 1. The third kappa shape index (κ3) is 4.38. The van der Waals surface area contributed by atoms with Gasteiger partial charge < -0.3 is 24.4 Å². The molecule has 0 saturated carbocycles. The molecule has 1 N–H and O–H groups in total. The number of fused-ring (bicyclic) bond motifs is 1. The molecule has 1 aromatic carbocycles. The summed E-state index contributed by atoms with van der Waals surface area (Å²) in [4.78, 5) is 46.7. The maximum absolute atomic E-state index is 13.6. The predicted octanol–water partition coefficient (Wildman–Crippen LogP) is 2.60. The SMILES string of the molecule is C[C@H]1Cn2ncc(N3CC(N(C)C(=O)c4cocn4)CC3=O)c2CN1C(=O)Nc1cc(F)c(F)c(F)c1. The number of halogens is 3. The van der Waals surface area contributed by atoms with E-state index in [2.05, 4.69) is 15.4 Å². The fourth-order valence-electron chi connectivity index (χ4n) is 4.55. The van der Waals surface area contributed by atoms with Gasteiger partial charge in [0, 0.05) is 37.8 Å². The van der Waals surface area contributed by atoms with Crippen molar-refractivity contribution in [3.05, 3.63) is 59.8 Å². The standard InChI is InChI=1S/C23H22F3N7O4/c1-12-7-33-19(9-31(12)23(36)29-13-3-15(24)21(26)16(25)4-13)18(6-28-33)32-8-14(5-20(32)34)30(2)22(35)17-10-37-11-27-17/h3-4,6,10-12,14H,5,7-9H2,1-2H3,(H,29,36)/t12-,14?/m0/s1. The summed E-state index contributed by atoms with van der Waals surface area (Å²) in [6.45, 7) is 2.35. The molecule has 4 amide bonds. The monoisotopic (exact) mass is 517 g/mol. The third-order valence-electron chi connectivity index (χ3n) is 6.63. The highest BCUT2D eigenvalue weighted by molar-refractivity contribution is 5.98. The van der Waals surface area contributed by atoms with Crippen molar-refractivity contribution in [2.24, 2.45) is 0 Å². The minimum Gasteiger partial charge on any atom is -0.451 e. The highest BCUT2D eigenvalue weighted by Gasteiger charge is 2.39. The van der Waals surface area contributed by atoms with E-state index in [0.29, 0.717) is 30.1 Å². The van der Waals surface area contributed by atoms with E-state index in [-0.39, 0.29) is 48.7 Å². The molecule has 5 rings (SSSR count). The number of urea groups is 1. The average molecular weight is 517 g/mol. The largest absolute Gasteiger partial charge is 0.451 e. The number of aromatic nitrogens is 3. The number of carbonyl (C=O) groups excluding carboxylic acids is 3. The van der Waals surface area contributed by atoms with Gasteiger partial charge in [-0.15, -0.1) is 0 Å². The minimum absolute atomic E-state index is 0.0522. The molecule has 2 aliphatic heterocycles. The molecule has 37 heavy (non-hydrogen) atoms. The van der Waals surface area contributed by atoms with E-state index < -0.39 is 29.5 Å². The Bertz CT molecular complexity index is 1350. The summed E-state index contributed by atoms with van der Waals surface area (Å²) in [6.07, 6.45) is 4.01. The fourth-order valence-corrected chi connectivity index (χ4v) is 4.55. The smallest absolute Gasteiger partial charge is 0.322 e. The summed E-state index contributed by atoms with van der Waals surface area (Å²) in [5, 5.41) is 6.75. The zero-order valence-corrected chi connectivity index (χ0v) is 19.8. The first-order valence-electron chi connectivity index (χ1n) is 11.4. The highest BCUT2D eigenvalue weighted by atomic mass is 19.2. The van der Waals surface area contributed by atoms with E-state index in [4.69, 9.17) is 4.42 Å². The average Bonchev–Trinajstić information content (AvgIpc) is 3.61. The van der Waals surface area contributed by atoms with Gasteiger partial charge in [-0.1, -0.05) is 0 Å². The van der Waals surface area contributed by atoms with Gasteiger partial charge in [-0.3, -0.25) is 14.3 Å². The van der Waals surface area contributed by atoms with Crippen LogP contribution in [-0.2, 0) is 17.9 Å². The van der Waals surface area contributed by atoms with Crippen LogP contribution in [0.4, 0.5) is 29.3 Å². The molecule has 2 aromatic heterocycles. The minimum atomic E-state index is -1.63. The summed E-state index contributed by atoms with van der Waals surface area (Å²) in [5.41, 5.74) is 0.987. The van der Waals surface area contributed by atoms with Crippen molar-refractivity contribution in [1.29, 1.82) is 0 Å². The summed E-state index contributed by atoms with van der Waals surface area (Å²) < 4.78 is 47.0. The molecule has 1 unspecified atom stereocenters. The molecule has 1 saturated heterocycles. The number of likely N-dealkylation sites (N-methyl/N-ethyl adjacent to an activating group) is 1. The van der Waals surface area contributed by atoms with Crippen LogP contribution >= 0.6 is 0 Å². The van der Waals surface area contributed by atoms with Crippen LogP contribution in [-0.4, -0.2) is 68.1 Å². The van der Waals surface area contributed by atoms with Crippen LogP contribution in [0.2, 0.25) is 0 Å². The second-order valence-electron chi connectivity index (χ2n) is 8.97. The number of oxazole rings is 1. The Morgan fingerprint density at radius 1 is 1.19 bits per heavy atom. The molecular formula is C23H22F3N7O4. The summed E-state index contributed by atoms with van der Waals surface area (Å²) in [7, 11) is 1.58. The normalized spacial score (nSPS) is 19.2. The van der Waals surface area contributed by atoms with Crippen molar-refractivity contribution < 1.29 is 32.0 Å². The Kier molecular flexibility index (Phi) is 6.09. The summed E-state index contributed by atoms with van der Waals surface area (Å²) in [6, 6.07) is -0.0259. The van der Waals surface area contributed by atoms with E-state index in [0.717, 1.165) is 6.39 Å². The van der Waals surface area contributed by atoms with E-state index in [1.54, 1.807) is 18.7 Å². The van der Waals surface area contributed by atoms with Gasteiger partial charge >= 0.3 is 6.03 Å². The van der Waals surface area contributed by atoms with Crippen molar-refractivity contribution in [2.45, 2.75) is 38.5 Å². The lowest BCUT2D eigenvalue weighted by Crippen LogP contribution is -2.47. The lowest BCUT2D eigenvalue weighted by atomic mass is 10.2. The van der Waals surface area contributed by atoms with Crippen molar-refractivity contribution in [2.75, 3.05) is 23.8 Å². The molecule has 0 bridgehead atoms. The van der Waals surface area contributed by atoms with Gasteiger partial charge in [0.25, 0.3) is 5.91 Å². The van der Waals surface area contributed by atoms with Gasteiger partial charge in [0.05, 0.1) is 42.8 Å². The van der Waals surface area contributed by atoms with Crippen LogP contribution in [0.3, 0.4) is 0 Å². The first-order valence-corrected chi connectivity index (χ1v) is 11.4. The lowest BCUT2D eigenvalue weighted by Gasteiger charge is -2.35. The number of carbonyl (C=O) groups is 3. The summed E-state index contributed by atoms with van der Waals surface area (Å²) >= 11 is 0. The summed E-state index contributed by atoms with van der Waals surface area (Å²) in [5.74, 6) is -5.06. The number of amides is 4. The zero-order chi connectivity index (χ0) is 26.4. The Morgan fingerprint density at radius 2 is 1.92 bits per heavy atom. The quantitative estimate of drug-likeness (QED) is 0.532. The maximum Gasteiger partial charge on any atom is 0.322 e. The van der Waals surface area contributed by atoms with Gasteiger partial charge in [-0.2, -0.15) is 5.10 Å². The molecule has 0 aliphatic carbocycles. The van der Waals surface area contributed by atoms with Crippen molar-refractivity contribution in [3.8, 4) is 0 Å². The van der Waals surface area contributed by atoms with E-state index >= 15 is 0 Å². The maximum atomic E-state index is 13.6. The zero-order valence-electron chi connectivity index (χ0n) is 19.8. The molecule has 11 nitrogen and oxygen atoms in total. The number of hydrogen-bond acceptors (Lipinski definition) is 6. The topological polar surface area (TPSA) is 117 Å². The lowest BCUT2D eigenvalue weighted by molar-refractivity contribution is -0.117. The number of nitrogens with zero attached hydrogens (tertiary/aromatic N) is 6. The van der Waals surface area contributed by atoms with E-state index in [1.807, 2.05) is 0 Å². The van der Waals surface area contributed by atoms with E-state index in [1.165, 1.54) is 27.2 Å². The van der Waals surface area contributed by atoms with Crippen LogP contribution < -0.4 is 10.2 Å². The van der Waals surface area contributed by atoms with Gasteiger partial charge in [0.1, 0.15) is 6.26 Å². The Labute approximate surface area is 208 Å². The molecule has 3 aromatic rings. The second kappa shape index (κ2) is 9.26. The van der Waals surface area contributed by atoms with Crippen LogP contribution in [0.15, 0.2) is 35.4 Å². The number of rotatable bonds is 4. The molecule has 0 spiro atoms. The van der Waals surface area contributed by atoms with Crippen LogP contribution in [0.1, 0.15) is 29.5 Å². The van der Waals surface area contributed by atoms with Crippen LogP contribution in [0.25, 0.3) is 0 Å². The molecule has 194 valence electrons. The first-order chi connectivity index (χ1) is 17.6.